The Morgan fingerprint density at radius 1 is 1.53 bits per heavy atom. The zero-order valence-electron chi connectivity index (χ0n) is 10.1. The molecule has 0 aliphatic heterocycles. The molecule has 0 saturated heterocycles. The van der Waals surface area contributed by atoms with Gasteiger partial charge < -0.3 is 10.4 Å². The molecule has 0 bridgehead atoms. The van der Waals surface area contributed by atoms with Crippen LogP contribution in [0.3, 0.4) is 0 Å². The molecule has 0 heterocycles. The van der Waals surface area contributed by atoms with Crippen molar-refractivity contribution in [1.82, 2.24) is 5.32 Å². The maximum absolute atomic E-state index is 10.8. The number of hydrogen-bond donors (Lipinski definition) is 2. The molecule has 0 aromatic heterocycles. The van der Waals surface area contributed by atoms with E-state index in [-0.39, 0.29) is 23.3 Å². The Hall–Kier alpha value is -1.46. The van der Waals surface area contributed by atoms with Gasteiger partial charge in [0.25, 0.3) is 5.69 Å². The minimum atomic E-state index is -0.373. The summed E-state index contributed by atoms with van der Waals surface area (Å²) in [4.78, 5) is 10.4. The van der Waals surface area contributed by atoms with Crippen LogP contribution in [0.2, 0.25) is 0 Å². The van der Waals surface area contributed by atoms with Gasteiger partial charge in [-0.05, 0) is 18.9 Å². The number of aliphatic hydroxyl groups excluding tert-OH is 1. The van der Waals surface area contributed by atoms with Crippen molar-refractivity contribution in [3.63, 3.8) is 0 Å². The number of nitro groups is 1. The van der Waals surface area contributed by atoms with Gasteiger partial charge in [-0.2, -0.15) is 0 Å². The summed E-state index contributed by atoms with van der Waals surface area (Å²) in [5.74, 6) is 0. The Morgan fingerprint density at radius 3 is 2.76 bits per heavy atom. The van der Waals surface area contributed by atoms with Crippen LogP contribution in [-0.2, 0) is 6.54 Å². The van der Waals surface area contributed by atoms with Gasteiger partial charge in [0.2, 0.25) is 0 Å². The van der Waals surface area contributed by atoms with Crippen LogP contribution in [0.25, 0.3) is 0 Å². The molecule has 0 saturated carbocycles. The van der Waals surface area contributed by atoms with Gasteiger partial charge in [0.05, 0.1) is 11.5 Å². The molecular weight excluding hydrogens is 220 g/mol. The Kier molecular flexibility index (Phi) is 5.06. The van der Waals surface area contributed by atoms with Crippen molar-refractivity contribution in [3.8, 4) is 0 Å². The molecule has 0 radical (unpaired) electrons. The molecule has 1 aromatic carbocycles. The van der Waals surface area contributed by atoms with Crippen molar-refractivity contribution < 1.29 is 10.0 Å². The largest absolute Gasteiger partial charge is 0.395 e. The monoisotopic (exact) mass is 238 g/mol. The summed E-state index contributed by atoms with van der Waals surface area (Å²) in [5, 5.41) is 22.9. The summed E-state index contributed by atoms with van der Waals surface area (Å²) < 4.78 is 0. The predicted octanol–water partition coefficient (Wildman–Crippen LogP) is 1.76. The summed E-state index contributed by atoms with van der Waals surface area (Å²) in [6.07, 6.45) is 0.824. The van der Waals surface area contributed by atoms with E-state index in [0.717, 1.165) is 12.0 Å². The van der Waals surface area contributed by atoms with Crippen LogP contribution in [0.4, 0.5) is 5.69 Å². The second kappa shape index (κ2) is 6.32. The van der Waals surface area contributed by atoms with E-state index in [1.807, 2.05) is 13.0 Å². The fourth-order valence-electron chi connectivity index (χ4n) is 1.56. The van der Waals surface area contributed by atoms with E-state index in [9.17, 15) is 10.1 Å². The first-order valence-corrected chi connectivity index (χ1v) is 5.66. The number of nitrogens with zero attached hydrogens (tertiary/aromatic N) is 1. The van der Waals surface area contributed by atoms with Crippen molar-refractivity contribution in [3.05, 3.63) is 39.4 Å². The molecule has 94 valence electrons. The highest BCUT2D eigenvalue weighted by atomic mass is 16.6. The normalized spacial score (nSPS) is 12.4. The van der Waals surface area contributed by atoms with E-state index in [4.69, 9.17) is 5.11 Å². The van der Waals surface area contributed by atoms with E-state index in [1.54, 1.807) is 19.1 Å². The first kappa shape index (κ1) is 13.6. The molecule has 5 heteroatoms. The van der Waals surface area contributed by atoms with Gasteiger partial charge in [0.1, 0.15) is 0 Å². The summed E-state index contributed by atoms with van der Waals surface area (Å²) in [7, 11) is 0. The summed E-state index contributed by atoms with van der Waals surface area (Å²) in [5.41, 5.74) is 1.66. The predicted molar refractivity (Wildman–Crippen MR) is 65.8 cm³/mol. The fourth-order valence-corrected chi connectivity index (χ4v) is 1.56. The van der Waals surface area contributed by atoms with Crippen molar-refractivity contribution in [1.29, 1.82) is 0 Å². The number of aryl methyl sites for hydroxylation is 1. The van der Waals surface area contributed by atoms with Crippen LogP contribution in [0.15, 0.2) is 18.2 Å². The third-order valence-electron chi connectivity index (χ3n) is 2.78. The molecule has 0 aliphatic carbocycles. The molecule has 2 N–H and O–H groups in total. The van der Waals surface area contributed by atoms with Crippen molar-refractivity contribution >= 4 is 5.69 Å². The molecule has 17 heavy (non-hydrogen) atoms. The number of aliphatic hydroxyl groups is 1. The van der Waals surface area contributed by atoms with Gasteiger partial charge >= 0.3 is 0 Å². The lowest BCUT2D eigenvalue weighted by Gasteiger charge is -2.13. The van der Waals surface area contributed by atoms with Gasteiger partial charge in [-0.15, -0.1) is 0 Å². The van der Waals surface area contributed by atoms with Gasteiger partial charge in [0, 0.05) is 24.2 Å². The minimum absolute atomic E-state index is 0.0374. The minimum Gasteiger partial charge on any atom is -0.395 e. The number of hydrogen-bond acceptors (Lipinski definition) is 4. The summed E-state index contributed by atoms with van der Waals surface area (Å²) in [6.45, 7) is 4.30. The smallest absolute Gasteiger partial charge is 0.272 e. The number of nitro benzene ring substituents is 1. The second-order valence-electron chi connectivity index (χ2n) is 4.05. The summed E-state index contributed by atoms with van der Waals surface area (Å²) in [6, 6.07) is 5.22. The van der Waals surface area contributed by atoms with E-state index in [2.05, 4.69) is 5.32 Å². The average molecular weight is 238 g/mol. The molecule has 1 aromatic rings. The Balaban J connectivity index is 2.72. The highest BCUT2D eigenvalue weighted by Gasteiger charge is 2.11. The molecule has 5 nitrogen and oxygen atoms in total. The molecule has 0 unspecified atom stereocenters. The van der Waals surface area contributed by atoms with Gasteiger partial charge in [-0.1, -0.05) is 19.1 Å². The number of rotatable bonds is 6. The standard InChI is InChI=1S/C12H18N2O3/c1-3-11(8-15)13-7-10-5-4-9(2)12(6-10)14(16)17/h4-6,11,13,15H,3,7-8H2,1-2H3/t11-/m0/s1. The maximum Gasteiger partial charge on any atom is 0.272 e. The molecule has 1 atom stereocenters. The Labute approximate surface area is 101 Å². The average Bonchev–Trinajstić information content (AvgIpc) is 2.32. The third kappa shape index (κ3) is 3.80. The van der Waals surface area contributed by atoms with Gasteiger partial charge in [0.15, 0.2) is 0 Å². The number of nitrogens with one attached hydrogen (secondary N) is 1. The Morgan fingerprint density at radius 2 is 2.24 bits per heavy atom. The molecule has 0 fully saturated rings. The van der Waals surface area contributed by atoms with E-state index < -0.39 is 0 Å². The lowest BCUT2D eigenvalue weighted by molar-refractivity contribution is -0.385. The SMILES string of the molecule is CC[C@@H](CO)NCc1ccc(C)c([N+](=O)[O-])c1. The first-order valence-electron chi connectivity index (χ1n) is 5.66. The van der Waals surface area contributed by atoms with E-state index >= 15 is 0 Å². The molecule has 0 aliphatic rings. The van der Waals surface area contributed by atoms with Crippen LogP contribution >= 0.6 is 0 Å². The van der Waals surface area contributed by atoms with E-state index in [0.29, 0.717) is 12.1 Å². The topological polar surface area (TPSA) is 75.4 Å². The first-order chi connectivity index (χ1) is 8.08. The highest BCUT2D eigenvalue weighted by molar-refractivity contribution is 5.42. The molecule has 0 amide bonds. The number of benzene rings is 1. The fraction of sp³-hybridized carbons (Fsp3) is 0.500. The van der Waals surface area contributed by atoms with Gasteiger partial charge in [-0.3, -0.25) is 10.1 Å². The van der Waals surface area contributed by atoms with Crippen molar-refractivity contribution in [2.24, 2.45) is 0 Å². The zero-order chi connectivity index (χ0) is 12.8. The molecule has 1 rings (SSSR count). The van der Waals surface area contributed by atoms with Crippen LogP contribution in [-0.4, -0.2) is 22.7 Å². The molecular formula is C12H18N2O3. The van der Waals surface area contributed by atoms with Crippen LogP contribution in [0.1, 0.15) is 24.5 Å². The van der Waals surface area contributed by atoms with Crippen LogP contribution in [0.5, 0.6) is 0 Å². The zero-order valence-corrected chi connectivity index (χ0v) is 10.1. The van der Waals surface area contributed by atoms with Crippen LogP contribution in [0, 0.1) is 17.0 Å². The third-order valence-corrected chi connectivity index (χ3v) is 2.78. The van der Waals surface area contributed by atoms with E-state index in [1.165, 1.54) is 0 Å². The molecule has 0 spiro atoms. The summed E-state index contributed by atoms with van der Waals surface area (Å²) >= 11 is 0. The van der Waals surface area contributed by atoms with Gasteiger partial charge in [-0.25, -0.2) is 0 Å². The lowest BCUT2D eigenvalue weighted by atomic mass is 10.1. The quantitative estimate of drug-likeness (QED) is 0.585. The second-order valence-corrected chi connectivity index (χ2v) is 4.05. The van der Waals surface area contributed by atoms with Crippen molar-refractivity contribution in [2.45, 2.75) is 32.9 Å². The maximum atomic E-state index is 10.8. The highest BCUT2D eigenvalue weighted by Crippen LogP contribution is 2.19. The van der Waals surface area contributed by atoms with Crippen molar-refractivity contribution in [2.75, 3.05) is 6.61 Å². The lowest BCUT2D eigenvalue weighted by Crippen LogP contribution is -2.31. The van der Waals surface area contributed by atoms with Crippen LogP contribution < -0.4 is 5.32 Å². The Bertz CT molecular complexity index is 389.